The first-order valence-electron chi connectivity index (χ1n) is 11.7. The summed E-state index contributed by atoms with van der Waals surface area (Å²) in [5, 5.41) is 3.04. The summed E-state index contributed by atoms with van der Waals surface area (Å²) in [6.07, 6.45) is 3.18. The monoisotopic (exact) mass is 461 g/mol. The number of carbonyl (C=O) groups excluding carboxylic acids is 2. The van der Waals surface area contributed by atoms with E-state index in [1.54, 1.807) is 13.0 Å². The van der Waals surface area contributed by atoms with Crippen LogP contribution in [-0.2, 0) is 14.3 Å². The summed E-state index contributed by atoms with van der Waals surface area (Å²) in [5.41, 5.74) is -0.507. The van der Waals surface area contributed by atoms with Crippen molar-refractivity contribution in [2.75, 3.05) is 6.61 Å². The molecule has 0 saturated heterocycles. The highest BCUT2D eigenvalue weighted by molar-refractivity contribution is 5.87. The minimum Gasteiger partial charge on any atom is -0.488 e. The van der Waals surface area contributed by atoms with Gasteiger partial charge >= 0.3 is 12.1 Å². The first-order valence-corrected chi connectivity index (χ1v) is 11.7. The lowest BCUT2D eigenvalue weighted by molar-refractivity contribution is -0.137. The smallest absolute Gasteiger partial charge is 0.407 e. The van der Waals surface area contributed by atoms with E-state index < -0.39 is 17.3 Å². The lowest BCUT2D eigenvalue weighted by Gasteiger charge is -2.37. The van der Waals surface area contributed by atoms with Gasteiger partial charge in [-0.15, -0.1) is 0 Å². The molecule has 0 aliphatic carbocycles. The number of nitrogens with one attached hydrogen (secondary N) is 1. The quantitative estimate of drug-likeness (QED) is 0.323. The van der Waals surface area contributed by atoms with Crippen molar-refractivity contribution in [1.29, 1.82) is 0 Å². The predicted molar refractivity (Wildman–Crippen MR) is 133 cm³/mol. The number of ether oxygens (including phenoxy) is 3. The molecule has 186 valence electrons. The third-order valence-electron chi connectivity index (χ3n) is 5.07. The van der Waals surface area contributed by atoms with E-state index in [0.29, 0.717) is 18.8 Å². The van der Waals surface area contributed by atoms with Crippen LogP contribution >= 0.6 is 0 Å². The molecule has 0 spiro atoms. The van der Waals surface area contributed by atoms with Crippen LogP contribution in [0.1, 0.15) is 81.2 Å². The van der Waals surface area contributed by atoms with E-state index in [9.17, 15) is 9.59 Å². The molecule has 1 atom stereocenters. The Labute approximate surface area is 200 Å². The Kier molecular flexibility index (Phi) is 10.0. The molecule has 1 unspecified atom stereocenters. The van der Waals surface area contributed by atoms with E-state index in [1.165, 1.54) is 6.08 Å². The van der Waals surface area contributed by atoms with Gasteiger partial charge in [-0.25, -0.2) is 9.59 Å². The Hall–Kier alpha value is -2.50. The number of carbonyl (C=O) groups is 2. The normalized spacial score (nSPS) is 13.7. The average Bonchev–Trinajstić information content (AvgIpc) is 2.63. The first kappa shape index (κ1) is 28.5. The van der Waals surface area contributed by atoms with Crippen molar-refractivity contribution in [3.63, 3.8) is 0 Å². The van der Waals surface area contributed by atoms with Gasteiger partial charge in [0.15, 0.2) is 0 Å². The minimum atomic E-state index is -0.727. The van der Waals surface area contributed by atoms with Gasteiger partial charge in [-0.2, -0.15) is 0 Å². The molecule has 0 aromatic heterocycles. The van der Waals surface area contributed by atoms with Gasteiger partial charge in [0.05, 0.1) is 6.61 Å². The molecule has 1 aromatic rings. The lowest BCUT2D eigenvalue weighted by Crippen LogP contribution is -2.50. The van der Waals surface area contributed by atoms with Gasteiger partial charge in [0.25, 0.3) is 0 Å². The molecule has 0 fully saturated rings. The third kappa shape index (κ3) is 10.8. The second-order valence-electron chi connectivity index (χ2n) is 11.1. The standard InChI is InChI=1S/C27H43NO5/c1-11-31-22(29)17-14-20-12-15-21(16-13-20)32-26(7,8)18-27(9,10)33-24(30)28-23(19(2)3)25(4,5)6/h12-17,19,23H,11,18H2,1-10H3,(H,28,30)/b17-14+. The Bertz CT molecular complexity index is 801. The van der Waals surface area contributed by atoms with Crippen molar-refractivity contribution in [3.8, 4) is 5.75 Å². The van der Waals surface area contributed by atoms with Gasteiger partial charge in [0, 0.05) is 18.5 Å². The Balaban J connectivity index is 2.73. The molecule has 0 radical (unpaired) electrons. The van der Waals surface area contributed by atoms with Gasteiger partial charge in [-0.05, 0) is 69.7 Å². The number of esters is 1. The molecule has 1 aromatic carbocycles. The molecule has 1 amide bonds. The molecule has 1 N–H and O–H groups in total. The highest BCUT2D eigenvalue weighted by Gasteiger charge is 2.35. The molecular weight excluding hydrogens is 418 g/mol. The highest BCUT2D eigenvalue weighted by Crippen LogP contribution is 2.30. The van der Waals surface area contributed by atoms with Gasteiger partial charge < -0.3 is 19.5 Å². The summed E-state index contributed by atoms with van der Waals surface area (Å²) in [6.45, 7) is 20.4. The summed E-state index contributed by atoms with van der Waals surface area (Å²) in [7, 11) is 0. The Morgan fingerprint density at radius 2 is 1.55 bits per heavy atom. The van der Waals surface area contributed by atoms with E-state index in [0.717, 1.165) is 5.56 Å². The zero-order valence-corrected chi connectivity index (χ0v) is 22.1. The van der Waals surface area contributed by atoms with Gasteiger partial charge in [0.1, 0.15) is 17.0 Å². The highest BCUT2D eigenvalue weighted by atomic mass is 16.6. The van der Waals surface area contributed by atoms with Crippen LogP contribution in [0.25, 0.3) is 6.08 Å². The molecule has 0 heterocycles. The molecule has 6 nitrogen and oxygen atoms in total. The Morgan fingerprint density at radius 3 is 2.03 bits per heavy atom. The number of hydrogen-bond acceptors (Lipinski definition) is 5. The van der Waals surface area contributed by atoms with Crippen LogP contribution in [-0.4, -0.2) is 35.9 Å². The fraction of sp³-hybridized carbons (Fsp3) is 0.630. The zero-order valence-electron chi connectivity index (χ0n) is 22.1. The number of alkyl carbamates (subject to hydrolysis) is 1. The second kappa shape index (κ2) is 11.6. The molecule has 0 aliphatic rings. The van der Waals surface area contributed by atoms with Crippen molar-refractivity contribution in [1.82, 2.24) is 5.32 Å². The topological polar surface area (TPSA) is 73.9 Å². The zero-order chi connectivity index (χ0) is 25.4. The second-order valence-corrected chi connectivity index (χ2v) is 11.1. The van der Waals surface area contributed by atoms with Crippen molar-refractivity contribution in [2.24, 2.45) is 11.3 Å². The van der Waals surface area contributed by atoms with Gasteiger partial charge in [0.2, 0.25) is 0 Å². The molecule has 6 heteroatoms. The van der Waals surface area contributed by atoms with E-state index in [2.05, 4.69) is 39.9 Å². The van der Waals surface area contributed by atoms with Crippen LogP contribution in [0.3, 0.4) is 0 Å². The van der Waals surface area contributed by atoms with Crippen LogP contribution in [0.2, 0.25) is 0 Å². The van der Waals surface area contributed by atoms with Crippen LogP contribution in [0.5, 0.6) is 5.75 Å². The molecule has 0 bridgehead atoms. The van der Waals surface area contributed by atoms with Gasteiger partial charge in [-0.3, -0.25) is 0 Å². The first-order chi connectivity index (χ1) is 15.0. The van der Waals surface area contributed by atoms with E-state index in [1.807, 2.05) is 52.0 Å². The third-order valence-corrected chi connectivity index (χ3v) is 5.07. The van der Waals surface area contributed by atoms with Gasteiger partial charge in [-0.1, -0.05) is 46.8 Å². The molecule has 0 saturated carbocycles. The van der Waals surface area contributed by atoms with E-state index >= 15 is 0 Å². The van der Waals surface area contributed by atoms with Crippen LogP contribution in [0, 0.1) is 11.3 Å². The summed E-state index contributed by atoms with van der Waals surface area (Å²) < 4.78 is 16.9. The fourth-order valence-corrected chi connectivity index (χ4v) is 4.21. The molecular formula is C27H43NO5. The van der Waals surface area contributed by atoms with Crippen molar-refractivity contribution in [3.05, 3.63) is 35.9 Å². The fourth-order valence-electron chi connectivity index (χ4n) is 4.21. The van der Waals surface area contributed by atoms with Crippen molar-refractivity contribution >= 4 is 18.1 Å². The predicted octanol–water partition coefficient (Wildman–Crippen LogP) is 6.39. The summed E-state index contributed by atoms with van der Waals surface area (Å²) in [4.78, 5) is 24.1. The van der Waals surface area contributed by atoms with Crippen LogP contribution in [0.4, 0.5) is 4.79 Å². The van der Waals surface area contributed by atoms with Crippen LogP contribution < -0.4 is 10.1 Å². The van der Waals surface area contributed by atoms with E-state index in [4.69, 9.17) is 14.2 Å². The number of hydrogen-bond donors (Lipinski definition) is 1. The van der Waals surface area contributed by atoms with Crippen molar-refractivity contribution in [2.45, 2.75) is 92.9 Å². The number of benzene rings is 1. The Morgan fingerprint density at radius 1 is 0.970 bits per heavy atom. The maximum absolute atomic E-state index is 12.6. The van der Waals surface area contributed by atoms with Crippen molar-refractivity contribution < 1.29 is 23.8 Å². The number of rotatable bonds is 10. The summed E-state index contributed by atoms with van der Waals surface area (Å²) in [5.74, 6) is 0.615. The number of amides is 1. The summed E-state index contributed by atoms with van der Waals surface area (Å²) >= 11 is 0. The lowest BCUT2D eigenvalue weighted by atomic mass is 9.80. The summed E-state index contributed by atoms with van der Waals surface area (Å²) in [6, 6.07) is 7.44. The van der Waals surface area contributed by atoms with Crippen LogP contribution in [0.15, 0.2) is 30.3 Å². The molecule has 0 aliphatic heterocycles. The molecule has 33 heavy (non-hydrogen) atoms. The maximum Gasteiger partial charge on any atom is 0.407 e. The van der Waals surface area contributed by atoms with E-state index in [-0.39, 0.29) is 23.3 Å². The maximum atomic E-state index is 12.6. The average molecular weight is 462 g/mol. The molecule has 1 rings (SSSR count). The minimum absolute atomic E-state index is 0.00135. The SMILES string of the molecule is CCOC(=O)/C=C/c1ccc(OC(C)(C)CC(C)(C)OC(=O)NC(C(C)C)C(C)(C)C)cc1. The largest absolute Gasteiger partial charge is 0.488 e.